The molecule has 62 valence electrons. The van der Waals surface area contributed by atoms with Crippen LogP contribution in [0.25, 0.3) is 0 Å². The molecule has 2 nitrogen and oxygen atoms in total. The molecular weight excluding hydrogens is 168 g/mol. The van der Waals surface area contributed by atoms with Gasteiger partial charge in [-0.15, -0.1) is 0 Å². The molecule has 0 amide bonds. The van der Waals surface area contributed by atoms with Gasteiger partial charge in [-0.05, 0) is 6.04 Å². The average Bonchev–Trinajstić information content (AvgIpc) is 1.78. The smallest absolute Gasteiger partial charge is 0.166 e. The van der Waals surface area contributed by atoms with E-state index in [0.29, 0.717) is 0 Å². The second-order valence-corrected chi connectivity index (χ2v) is 9.29. The number of ether oxygens (including phenoxy) is 1. The lowest BCUT2D eigenvalue weighted by atomic mass is 10.9. The highest BCUT2D eigenvalue weighted by Crippen LogP contribution is 2.07. The maximum atomic E-state index is 5.04. The molecule has 0 radical (unpaired) electrons. The third kappa shape index (κ3) is 8.43. The molecule has 0 aromatic rings. The zero-order valence-corrected chi connectivity index (χ0v) is 8.57. The molecule has 0 aromatic heterocycles. The molecule has 0 heterocycles. The molecule has 0 fully saturated rings. The van der Waals surface area contributed by atoms with Crippen molar-refractivity contribution in [2.24, 2.45) is 0 Å². The first-order valence-corrected chi connectivity index (χ1v) is 7.39. The number of halogens is 1. The van der Waals surface area contributed by atoms with Crippen molar-refractivity contribution in [3.8, 4) is 0 Å². The Hall–Kier alpha value is 0.427. The van der Waals surface area contributed by atoms with Gasteiger partial charge in [0.15, 0.2) is 6.79 Å². The summed E-state index contributed by atoms with van der Waals surface area (Å²) in [6.07, 6.45) is 0. The van der Waals surface area contributed by atoms with Crippen LogP contribution in [0.5, 0.6) is 0 Å². The summed E-state index contributed by atoms with van der Waals surface area (Å²) in [7, 11) is -0.931. The van der Waals surface area contributed by atoms with Crippen LogP contribution in [-0.2, 0) is 9.03 Å². The maximum absolute atomic E-state index is 5.04. The van der Waals surface area contributed by atoms with Gasteiger partial charge in [-0.2, -0.15) is 0 Å². The molecule has 0 aromatic carbocycles. The minimum atomic E-state index is -0.931. The van der Waals surface area contributed by atoms with Crippen molar-refractivity contribution in [1.29, 1.82) is 0 Å². The van der Waals surface area contributed by atoms with Gasteiger partial charge in [0.05, 0.1) is 11.9 Å². The molecule has 0 N–H and O–H groups in total. The topological polar surface area (TPSA) is 18.5 Å². The first-order valence-electron chi connectivity index (χ1n) is 3.37. The third-order valence-corrected chi connectivity index (χ3v) is 2.92. The Bertz CT molecular complexity index is 82.3. The summed E-state index contributed by atoms with van der Waals surface area (Å²) in [5.41, 5.74) is 0. The van der Waals surface area contributed by atoms with Gasteiger partial charge in [-0.25, -0.2) is 0 Å². The number of rotatable bonds is 5. The normalized spacial score (nSPS) is 12.0. The lowest BCUT2D eigenvalue weighted by molar-refractivity contribution is 0.0281. The lowest BCUT2D eigenvalue weighted by Gasteiger charge is -2.14. The van der Waals surface area contributed by atoms with Crippen molar-refractivity contribution in [1.82, 2.24) is 0 Å². The van der Waals surface area contributed by atoms with Crippen molar-refractivity contribution in [2.75, 3.05) is 13.4 Å². The fourth-order valence-corrected chi connectivity index (χ4v) is 1.29. The molecule has 0 bridgehead atoms. The van der Waals surface area contributed by atoms with Crippen LogP contribution < -0.4 is 0 Å². The Morgan fingerprint density at radius 2 is 1.90 bits per heavy atom. The predicted octanol–water partition coefficient (Wildman–Crippen LogP) is 2.47. The zero-order valence-electron chi connectivity index (χ0n) is 6.82. The van der Waals surface area contributed by atoms with Crippen molar-refractivity contribution in [3.63, 3.8) is 0 Å². The molecule has 0 saturated carbocycles. The highest BCUT2D eigenvalue weighted by Gasteiger charge is 2.11. The molecule has 0 aliphatic rings. The molecule has 0 atom stereocenters. The summed E-state index contributed by atoms with van der Waals surface area (Å²) in [5.74, 6) is 0. The first-order chi connectivity index (χ1) is 4.56. The summed E-state index contributed by atoms with van der Waals surface area (Å²) in [5, 5.41) is 0. The molecule has 4 heteroatoms. The van der Waals surface area contributed by atoms with E-state index < -0.39 is 8.07 Å². The highest BCUT2D eigenvalue weighted by molar-refractivity contribution is 6.76. The largest absolute Gasteiger partial charge is 0.354 e. The van der Waals surface area contributed by atoms with Crippen molar-refractivity contribution in [3.05, 3.63) is 0 Å². The Kier molecular flexibility index (Phi) is 5.35. The quantitative estimate of drug-likeness (QED) is 0.370. The molecule has 0 spiro atoms. The van der Waals surface area contributed by atoms with E-state index in [9.17, 15) is 0 Å². The van der Waals surface area contributed by atoms with E-state index in [1.54, 1.807) is 0 Å². The van der Waals surface area contributed by atoms with Crippen LogP contribution in [0.15, 0.2) is 0 Å². The highest BCUT2D eigenvalue weighted by atomic mass is 35.5. The Balaban J connectivity index is 3.04. The monoisotopic (exact) mass is 182 g/mol. The molecule has 0 aliphatic heterocycles. The predicted molar refractivity (Wildman–Crippen MR) is 45.9 cm³/mol. The Labute approximate surface area is 68.6 Å². The van der Waals surface area contributed by atoms with Gasteiger partial charge in [-0.1, -0.05) is 19.6 Å². The van der Waals surface area contributed by atoms with Crippen LogP contribution in [0.3, 0.4) is 0 Å². The van der Waals surface area contributed by atoms with E-state index in [1.807, 2.05) is 0 Å². The van der Waals surface area contributed by atoms with Crippen molar-refractivity contribution in [2.45, 2.75) is 25.7 Å². The van der Waals surface area contributed by atoms with E-state index in [-0.39, 0.29) is 6.79 Å². The van der Waals surface area contributed by atoms with Crippen molar-refractivity contribution >= 4 is 19.9 Å². The standard InChI is InChI=1S/C6H15ClO2Si/c1-10(2,3)5-4-8-6-9-7/h4-6H2,1-3H3. The van der Waals surface area contributed by atoms with Crippen LogP contribution in [0.4, 0.5) is 0 Å². The van der Waals surface area contributed by atoms with Crippen LogP contribution in [0, 0.1) is 0 Å². The fraction of sp³-hybridized carbons (Fsp3) is 1.00. The molecular formula is C6H15ClO2Si. The molecule has 0 saturated heterocycles. The van der Waals surface area contributed by atoms with Gasteiger partial charge in [0.1, 0.15) is 0 Å². The number of hydrogen-bond donors (Lipinski definition) is 0. The van der Waals surface area contributed by atoms with Crippen LogP contribution in [-0.4, -0.2) is 21.5 Å². The third-order valence-electron chi connectivity index (χ3n) is 1.12. The summed E-state index contributed by atoms with van der Waals surface area (Å²) in [6, 6.07) is 1.16. The SMILES string of the molecule is C[Si](C)(C)CCOCOCl. The van der Waals surface area contributed by atoms with Gasteiger partial charge in [0.2, 0.25) is 0 Å². The van der Waals surface area contributed by atoms with Gasteiger partial charge in [0.25, 0.3) is 0 Å². The van der Waals surface area contributed by atoms with E-state index in [4.69, 9.17) is 16.6 Å². The average molecular weight is 183 g/mol. The van der Waals surface area contributed by atoms with E-state index >= 15 is 0 Å². The van der Waals surface area contributed by atoms with Gasteiger partial charge in [0, 0.05) is 14.7 Å². The summed E-state index contributed by atoms with van der Waals surface area (Å²) in [4.78, 5) is 0. The van der Waals surface area contributed by atoms with Gasteiger partial charge >= 0.3 is 0 Å². The maximum Gasteiger partial charge on any atom is 0.166 e. The summed E-state index contributed by atoms with van der Waals surface area (Å²) < 4.78 is 9.26. The van der Waals surface area contributed by atoms with Gasteiger partial charge < -0.3 is 4.74 Å². The first kappa shape index (κ1) is 10.4. The molecule has 0 rings (SSSR count). The summed E-state index contributed by atoms with van der Waals surface area (Å²) >= 11 is 4.94. The lowest BCUT2D eigenvalue weighted by Crippen LogP contribution is -2.21. The van der Waals surface area contributed by atoms with E-state index in [1.165, 1.54) is 0 Å². The Morgan fingerprint density at radius 3 is 2.30 bits per heavy atom. The zero-order chi connectivity index (χ0) is 8.04. The second-order valence-electron chi connectivity index (χ2n) is 3.45. The van der Waals surface area contributed by atoms with Crippen LogP contribution in [0.1, 0.15) is 0 Å². The van der Waals surface area contributed by atoms with E-state index in [0.717, 1.165) is 12.7 Å². The molecule has 0 unspecified atom stereocenters. The Morgan fingerprint density at radius 1 is 1.30 bits per heavy atom. The van der Waals surface area contributed by atoms with Crippen molar-refractivity contribution < 1.29 is 9.03 Å². The summed E-state index contributed by atoms with van der Waals surface area (Å²) in [6.45, 7) is 7.88. The van der Waals surface area contributed by atoms with Crippen LogP contribution >= 0.6 is 11.9 Å². The molecule has 0 aliphatic carbocycles. The number of hydrogen-bond acceptors (Lipinski definition) is 2. The minimum absolute atomic E-state index is 0.200. The molecule has 10 heavy (non-hydrogen) atoms. The minimum Gasteiger partial charge on any atom is -0.354 e. The van der Waals surface area contributed by atoms with E-state index in [2.05, 4.69) is 23.9 Å². The van der Waals surface area contributed by atoms with Crippen LogP contribution in [0.2, 0.25) is 25.7 Å². The fourth-order valence-electron chi connectivity index (χ4n) is 0.469. The van der Waals surface area contributed by atoms with Gasteiger partial charge in [-0.3, -0.25) is 4.29 Å². The second kappa shape index (κ2) is 5.13.